The predicted molar refractivity (Wildman–Crippen MR) is 93.8 cm³/mol. The maximum Gasteiger partial charge on any atom is 0.345 e. The van der Waals surface area contributed by atoms with Gasteiger partial charge < -0.3 is 5.11 Å². The first kappa shape index (κ1) is 17.5. The first-order valence-electron chi connectivity index (χ1n) is 6.50. The highest BCUT2D eigenvalue weighted by Gasteiger charge is 2.09. The number of nitrogens with one attached hydrogen (secondary N) is 1. The number of hydrazone groups is 1. The van der Waals surface area contributed by atoms with Crippen molar-refractivity contribution in [2.24, 2.45) is 5.10 Å². The van der Waals surface area contributed by atoms with E-state index in [1.807, 2.05) is 12.1 Å². The van der Waals surface area contributed by atoms with E-state index >= 15 is 0 Å². The van der Waals surface area contributed by atoms with E-state index in [2.05, 4.69) is 10.5 Å². The fraction of sp³-hybridized carbons (Fsp3) is 0.133. The van der Waals surface area contributed by atoms with Crippen molar-refractivity contribution in [2.45, 2.75) is 11.8 Å². The first-order chi connectivity index (χ1) is 11.0. The lowest BCUT2D eigenvalue weighted by molar-refractivity contribution is -0.118. The highest BCUT2D eigenvalue weighted by Crippen LogP contribution is 2.20. The summed E-state index contributed by atoms with van der Waals surface area (Å²) in [4.78, 5) is 24.5. The van der Waals surface area contributed by atoms with Crippen molar-refractivity contribution in [1.82, 2.24) is 5.43 Å². The Morgan fingerprint density at radius 1 is 1.22 bits per heavy atom. The first-order valence-corrected chi connectivity index (χ1v) is 8.68. The molecule has 0 saturated heterocycles. The summed E-state index contributed by atoms with van der Waals surface area (Å²) in [7, 11) is 0. The highest BCUT2D eigenvalue weighted by molar-refractivity contribution is 8.00. The van der Waals surface area contributed by atoms with Gasteiger partial charge in [-0.15, -0.1) is 23.1 Å². The van der Waals surface area contributed by atoms with Crippen LogP contribution in [-0.2, 0) is 4.79 Å². The number of carboxylic acids is 1. The number of amides is 1. The third-order valence-electron chi connectivity index (χ3n) is 2.71. The van der Waals surface area contributed by atoms with Crippen molar-refractivity contribution in [3.63, 3.8) is 0 Å². The maximum absolute atomic E-state index is 11.8. The van der Waals surface area contributed by atoms with Crippen LogP contribution in [-0.4, -0.2) is 28.4 Å². The van der Waals surface area contributed by atoms with Crippen molar-refractivity contribution in [3.05, 3.63) is 51.2 Å². The lowest BCUT2D eigenvalue weighted by Gasteiger charge is -2.02. The molecule has 0 bridgehead atoms. The van der Waals surface area contributed by atoms with Gasteiger partial charge >= 0.3 is 5.97 Å². The average molecular weight is 369 g/mol. The topological polar surface area (TPSA) is 78.8 Å². The summed E-state index contributed by atoms with van der Waals surface area (Å²) in [5.41, 5.74) is 3.02. The number of nitrogens with zero attached hydrogens (tertiary/aromatic N) is 1. The molecule has 2 aromatic rings. The number of halogens is 1. The van der Waals surface area contributed by atoms with Crippen LogP contribution in [0.5, 0.6) is 0 Å². The number of rotatable bonds is 6. The molecule has 0 spiro atoms. The predicted octanol–water partition coefficient (Wildman–Crippen LogP) is 3.73. The van der Waals surface area contributed by atoms with Gasteiger partial charge in [0.15, 0.2) is 0 Å². The number of benzene rings is 1. The summed E-state index contributed by atoms with van der Waals surface area (Å²) in [6.07, 6.45) is 0. The molecule has 0 unspecified atom stereocenters. The number of carboxylic acid groups (broad SMARTS) is 1. The fourth-order valence-corrected chi connectivity index (χ4v) is 3.17. The van der Waals surface area contributed by atoms with Crippen LogP contribution in [0.4, 0.5) is 0 Å². The van der Waals surface area contributed by atoms with Gasteiger partial charge in [0.05, 0.1) is 16.3 Å². The van der Waals surface area contributed by atoms with Crippen molar-refractivity contribution in [1.29, 1.82) is 0 Å². The number of hydrogen-bond donors (Lipinski definition) is 2. The minimum Gasteiger partial charge on any atom is -0.477 e. The number of aromatic carboxylic acids is 1. The van der Waals surface area contributed by atoms with E-state index in [4.69, 9.17) is 16.7 Å². The molecule has 5 nitrogen and oxygen atoms in total. The molecule has 2 N–H and O–H groups in total. The number of thiophene rings is 1. The second kappa shape index (κ2) is 8.14. The largest absolute Gasteiger partial charge is 0.477 e. The molecule has 0 atom stereocenters. The minimum atomic E-state index is -0.975. The zero-order valence-electron chi connectivity index (χ0n) is 12.1. The van der Waals surface area contributed by atoms with Crippen LogP contribution in [0.3, 0.4) is 0 Å². The fourth-order valence-electron chi connectivity index (χ4n) is 1.56. The molecule has 0 aliphatic rings. The van der Waals surface area contributed by atoms with Gasteiger partial charge in [-0.25, -0.2) is 10.2 Å². The Morgan fingerprint density at radius 2 is 1.87 bits per heavy atom. The van der Waals surface area contributed by atoms with Gasteiger partial charge in [-0.3, -0.25) is 4.79 Å². The van der Waals surface area contributed by atoms with E-state index < -0.39 is 5.97 Å². The zero-order chi connectivity index (χ0) is 16.8. The minimum absolute atomic E-state index is 0.225. The Balaban J connectivity index is 1.86. The molecule has 0 fully saturated rings. The molecule has 23 heavy (non-hydrogen) atoms. The van der Waals surface area contributed by atoms with E-state index in [0.717, 1.165) is 16.2 Å². The molecule has 1 aromatic heterocycles. The molecule has 120 valence electrons. The van der Waals surface area contributed by atoms with E-state index in [0.29, 0.717) is 15.6 Å². The molecule has 0 aliphatic heterocycles. The Bertz CT molecular complexity index is 741. The molecule has 0 radical (unpaired) electrons. The van der Waals surface area contributed by atoms with Gasteiger partial charge in [0.25, 0.3) is 0 Å². The SMILES string of the molecule is C/C(=N/NC(=O)CSc1ccc(Cl)cc1)c1ccc(C(=O)O)s1. The Labute approximate surface area is 146 Å². The number of carbonyl (C=O) groups excluding carboxylic acids is 1. The van der Waals surface area contributed by atoms with Crippen molar-refractivity contribution < 1.29 is 14.7 Å². The van der Waals surface area contributed by atoms with E-state index in [-0.39, 0.29) is 16.5 Å². The Hall–Kier alpha value is -1.83. The molecule has 0 aliphatic carbocycles. The van der Waals surface area contributed by atoms with Crippen LogP contribution >= 0.6 is 34.7 Å². The van der Waals surface area contributed by atoms with Crippen LogP contribution in [0.2, 0.25) is 5.02 Å². The number of hydrogen-bond acceptors (Lipinski definition) is 5. The third kappa shape index (κ3) is 5.38. The summed E-state index contributed by atoms with van der Waals surface area (Å²) < 4.78 is 0. The zero-order valence-corrected chi connectivity index (χ0v) is 14.5. The van der Waals surface area contributed by atoms with Gasteiger partial charge in [0.1, 0.15) is 4.88 Å². The van der Waals surface area contributed by atoms with Crippen LogP contribution < -0.4 is 5.43 Å². The van der Waals surface area contributed by atoms with Gasteiger partial charge in [0.2, 0.25) is 5.91 Å². The van der Waals surface area contributed by atoms with E-state index in [1.165, 1.54) is 17.8 Å². The van der Waals surface area contributed by atoms with Gasteiger partial charge in [-0.05, 0) is 43.3 Å². The lowest BCUT2D eigenvalue weighted by Crippen LogP contribution is -2.20. The van der Waals surface area contributed by atoms with Gasteiger partial charge in [-0.2, -0.15) is 5.10 Å². The monoisotopic (exact) mass is 368 g/mol. The molecule has 1 amide bonds. The Kier molecular flexibility index (Phi) is 6.20. The van der Waals surface area contributed by atoms with Gasteiger partial charge in [-0.1, -0.05) is 11.6 Å². The summed E-state index contributed by atoms with van der Waals surface area (Å²) in [5, 5.41) is 13.5. The standard InChI is InChI=1S/C15H13ClN2O3S2/c1-9(12-6-7-13(23-12)15(20)21)17-18-14(19)8-22-11-4-2-10(16)3-5-11/h2-7H,8H2,1H3,(H,18,19)(H,20,21)/b17-9-. The molecule has 0 saturated carbocycles. The van der Waals surface area contributed by atoms with Gasteiger partial charge in [0, 0.05) is 9.92 Å². The van der Waals surface area contributed by atoms with Crippen LogP contribution in [0, 0.1) is 0 Å². The van der Waals surface area contributed by atoms with Crippen LogP contribution in [0.1, 0.15) is 21.5 Å². The quantitative estimate of drug-likeness (QED) is 0.462. The van der Waals surface area contributed by atoms with Crippen molar-refractivity contribution in [3.8, 4) is 0 Å². The molecule has 8 heteroatoms. The summed E-state index contributed by atoms with van der Waals surface area (Å²) in [6, 6.07) is 10.4. The van der Waals surface area contributed by atoms with Crippen LogP contribution in [0.15, 0.2) is 46.4 Å². The van der Waals surface area contributed by atoms with E-state index in [1.54, 1.807) is 25.1 Å². The Morgan fingerprint density at radius 3 is 2.48 bits per heavy atom. The lowest BCUT2D eigenvalue weighted by atomic mass is 10.3. The van der Waals surface area contributed by atoms with Crippen LogP contribution in [0.25, 0.3) is 0 Å². The molecular formula is C15H13ClN2O3S2. The number of carbonyl (C=O) groups is 2. The normalized spacial score (nSPS) is 11.3. The summed E-state index contributed by atoms with van der Waals surface area (Å²) >= 11 is 8.29. The second-order valence-electron chi connectivity index (χ2n) is 4.44. The van der Waals surface area contributed by atoms with Crippen molar-refractivity contribution in [2.75, 3.05) is 5.75 Å². The summed E-state index contributed by atoms with van der Waals surface area (Å²) in [6.45, 7) is 1.71. The van der Waals surface area contributed by atoms with E-state index in [9.17, 15) is 9.59 Å². The molecule has 1 aromatic carbocycles. The third-order valence-corrected chi connectivity index (χ3v) is 5.15. The molecule has 2 rings (SSSR count). The highest BCUT2D eigenvalue weighted by atomic mass is 35.5. The number of thioether (sulfide) groups is 1. The average Bonchev–Trinajstić information content (AvgIpc) is 3.02. The summed E-state index contributed by atoms with van der Waals surface area (Å²) in [5.74, 6) is -0.986. The molecule has 1 heterocycles. The smallest absolute Gasteiger partial charge is 0.345 e. The maximum atomic E-state index is 11.8. The molecular weight excluding hydrogens is 356 g/mol. The second-order valence-corrected chi connectivity index (χ2v) is 7.01. The van der Waals surface area contributed by atoms with Crippen molar-refractivity contribution >= 4 is 52.3 Å².